The third-order valence-corrected chi connectivity index (χ3v) is 2.81. The van der Waals surface area contributed by atoms with Crippen LogP contribution in [0.4, 0.5) is 0 Å². The molecular formula is C8H11N3OS. The van der Waals surface area contributed by atoms with Crippen molar-refractivity contribution in [1.29, 1.82) is 0 Å². The first-order valence-electron chi connectivity index (χ1n) is 4.26. The Morgan fingerprint density at radius 1 is 1.54 bits per heavy atom. The number of carbonyl (C=O) groups is 1. The predicted octanol–water partition coefficient (Wildman–Crippen LogP) is 0.188. The summed E-state index contributed by atoms with van der Waals surface area (Å²) in [5.41, 5.74) is 1.69. The molecule has 0 atom stereocenters. The molecule has 4 nitrogen and oxygen atoms in total. The maximum Gasteiger partial charge on any atom is 0.265 e. The van der Waals surface area contributed by atoms with Crippen molar-refractivity contribution in [2.24, 2.45) is 0 Å². The second kappa shape index (κ2) is 3.85. The van der Waals surface area contributed by atoms with Gasteiger partial charge in [-0.05, 0) is 0 Å². The third kappa shape index (κ3) is 1.87. The maximum atomic E-state index is 11.7. The van der Waals surface area contributed by atoms with Gasteiger partial charge in [-0.2, -0.15) is 0 Å². The normalized spacial score (nSPS) is 17.4. The number of nitrogens with one attached hydrogen (secondary N) is 1. The van der Waals surface area contributed by atoms with E-state index in [0.29, 0.717) is 0 Å². The zero-order chi connectivity index (χ0) is 9.10. The zero-order valence-corrected chi connectivity index (χ0v) is 8.01. The van der Waals surface area contributed by atoms with Crippen LogP contribution in [0.3, 0.4) is 0 Å². The number of nitrogens with zero attached hydrogens (tertiary/aromatic N) is 2. The zero-order valence-electron chi connectivity index (χ0n) is 7.19. The smallest absolute Gasteiger partial charge is 0.265 e. The standard InChI is InChI=1S/C8H11N3OS/c12-8(7-5-10-6-13-7)11-3-1-9-2-4-11/h5-6,9H,1-4H2. The van der Waals surface area contributed by atoms with E-state index in [9.17, 15) is 4.79 Å². The number of carbonyl (C=O) groups excluding carboxylic acids is 1. The summed E-state index contributed by atoms with van der Waals surface area (Å²) in [7, 11) is 0. The van der Waals surface area contributed by atoms with Gasteiger partial charge in [-0.1, -0.05) is 0 Å². The highest BCUT2D eigenvalue weighted by Gasteiger charge is 2.18. The van der Waals surface area contributed by atoms with Crippen molar-refractivity contribution >= 4 is 17.2 Å². The van der Waals surface area contributed by atoms with E-state index in [0.717, 1.165) is 31.1 Å². The fourth-order valence-corrected chi connectivity index (χ4v) is 1.93. The van der Waals surface area contributed by atoms with Crippen molar-refractivity contribution in [3.05, 3.63) is 16.6 Å². The highest BCUT2D eigenvalue weighted by Crippen LogP contribution is 2.09. The fraction of sp³-hybridized carbons (Fsp3) is 0.500. The van der Waals surface area contributed by atoms with E-state index in [1.807, 2.05) is 4.90 Å². The highest BCUT2D eigenvalue weighted by molar-refractivity contribution is 7.11. The van der Waals surface area contributed by atoms with Crippen LogP contribution in [0.1, 0.15) is 9.67 Å². The highest BCUT2D eigenvalue weighted by atomic mass is 32.1. The SMILES string of the molecule is O=C(c1cncs1)N1CCNCC1. The molecule has 2 heterocycles. The lowest BCUT2D eigenvalue weighted by Crippen LogP contribution is -2.46. The minimum Gasteiger partial charge on any atom is -0.335 e. The van der Waals surface area contributed by atoms with Crippen molar-refractivity contribution in [3.8, 4) is 0 Å². The molecule has 1 aliphatic rings. The average molecular weight is 197 g/mol. The molecule has 1 saturated heterocycles. The molecule has 0 radical (unpaired) electrons. The van der Waals surface area contributed by atoms with Crippen LogP contribution < -0.4 is 5.32 Å². The van der Waals surface area contributed by atoms with Crippen molar-refractivity contribution in [2.75, 3.05) is 26.2 Å². The van der Waals surface area contributed by atoms with Gasteiger partial charge >= 0.3 is 0 Å². The lowest BCUT2D eigenvalue weighted by atomic mass is 10.3. The predicted molar refractivity (Wildman–Crippen MR) is 50.9 cm³/mol. The van der Waals surface area contributed by atoms with Gasteiger partial charge in [0.25, 0.3) is 5.91 Å². The second-order valence-electron chi connectivity index (χ2n) is 2.91. The van der Waals surface area contributed by atoms with E-state index in [1.165, 1.54) is 11.3 Å². The Bertz CT molecular complexity index is 280. The molecule has 5 heteroatoms. The molecule has 13 heavy (non-hydrogen) atoms. The first kappa shape index (κ1) is 8.65. The van der Waals surface area contributed by atoms with Gasteiger partial charge in [0.1, 0.15) is 4.88 Å². The van der Waals surface area contributed by atoms with Crippen molar-refractivity contribution < 1.29 is 4.79 Å². The minimum absolute atomic E-state index is 0.115. The second-order valence-corrected chi connectivity index (χ2v) is 3.79. The van der Waals surface area contributed by atoms with Crippen LogP contribution in [0.2, 0.25) is 0 Å². The first-order valence-corrected chi connectivity index (χ1v) is 5.14. The van der Waals surface area contributed by atoms with Crippen LogP contribution in [0.25, 0.3) is 0 Å². The molecule has 1 aliphatic heterocycles. The van der Waals surface area contributed by atoms with Crippen LogP contribution >= 0.6 is 11.3 Å². The lowest BCUT2D eigenvalue weighted by molar-refractivity contribution is 0.0740. The number of aromatic nitrogens is 1. The van der Waals surface area contributed by atoms with Gasteiger partial charge in [0, 0.05) is 26.2 Å². The molecule has 1 aromatic rings. The quantitative estimate of drug-likeness (QED) is 0.699. The van der Waals surface area contributed by atoms with Crippen LogP contribution in [0.5, 0.6) is 0 Å². The number of hydrogen-bond donors (Lipinski definition) is 1. The van der Waals surface area contributed by atoms with Crippen molar-refractivity contribution in [3.63, 3.8) is 0 Å². The monoisotopic (exact) mass is 197 g/mol. The maximum absolute atomic E-state index is 11.7. The molecule has 1 amide bonds. The summed E-state index contributed by atoms with van der Waals surface area (Å²) in [5, 5.41) is 3.21. The summed E-state index contributed by atoms with van der Waals surface area (Å²) in [6.07, 6.45) is 1.63. The largest absolute Gasteiger partial charge is 0.335 e. The van der Waals surface area contributed by atoms with Crippen LogP contribution in [0, 0.1) is 0 Å². The summed E-state index contributed by atoms with van der Waals surface area (Å²) < 4.78 is 0. The first-order chi connectivity index (χ1) is 6.38. The van der Waals surface area contributed by atoms with Gasteiger partial charge < -0.3 is 10.2 Å². The van der Waals surface area contributed by atoms with Crippen molar-refractivity contribution in [1.82, 2.24) is 15.2 Å². The summed E-state index contributed by atoms with van der Waals surface area (Å²) in [4.78, 5) is 18.2. The average Bonchev–Trinajstić information content (AvgIpc) is 2.71. The fourth-order valence-electron chi connectivity index (χ4n) is 1.35. The molecule has 0 unspecified atom stereocenters. The molecule has 0 bridgehead atoms. The number of thiazole rings is 1. The summed E-state index contributed by atoms with van der Waals surface area (Å²) >= 11 is 1.40. The Morgan fingerprint density at radius 2 is 2.31 bits per heavy atom. The van der Waals surface area contributed by atoms with Crippen LogP contribution in [0.15, 0.2) is 11.7 Å². The van der Waals surface area contributed by atoms with Gasteiger partial charge in [-0.25, -0.2) is 0 Å². The number of rotatable bonds is 1. The topological polar surface area (TPSA) is 45.2 Å². The molecule has 1 fully saturated rings. The molecule has 0 spiro atoms. The Hall–Kier alpha value is -0.940. The van der Waals surface area contributed by atoms with E-state index in [1.54, 1.807) is 11.7 Å². The van der Waals surface area contributed by atoms with Gasteiger partial charge in [-0.15, -0.1) is 11.3 Å². The number of hydrogen-bond acceptors (Lipinski definition) is 4. The van der Waals surface area contributed by atoms with Gasteiger partial charge in [0.2, 0.25) is 0 Å². The van der Waals surface area contributed by atoms with Gasteiger partial charge in [0.05, 0.1) is 11.7 Å². The van der Waals surface area contributed by atoms with Crippen molar-refractivity contribution in [2.45, 2.75) is 0 Å². The lowest BCUT2D eigenvalue weighted by Gasteiger charge is -2.26. The molecular weight excluding hydrogens is 186 g/mol. The molecule has 1 aromatic heterocycles. The molecule has 70 valence electrons. The molecule has 1 N–H and O–H groups in total. The Morgan fingerprint density at radius 3 is 2.92 bits per heavy atom. The minimum atomic E-state index is 0.115. The summed E-state index contributed by atoms with van der Waals surface area (Å²) in [5.74, 6) is 0.115. The summed E-state index contributed by atoms with van der Waals surface area (Å²) in [6.45, 7) is 3.39. The molecule has 0 saturated carbocycles. The Balaban J connectivity index is 2.04. The van der Waals surface area contributed by atoms with E-state index < -0.39 is 0 Å². The van der Waals surface area contributed by atoms with E-state index in [-0.39, 0.29) is 5.91 Å². The van der Waals surface area contributed by atoms with Crippen LogP contribution in [-0.4, -0.2) is 42.0 Å². The molecule has 0 aromatic carbocycles. The van der Waals surface area contributed by atoms with Crippen LogP contribution in [-0.2, 0) is 0 Å². The van der Waals surface area contributed by atoms with E-state index in [2.05, 4.69) is 10.3 Å². The van der Waals surface area contributed by atoms with E-state index in [4.69, 9.17) is 0 Å². The number of amides is 1. The Labute approximate surface area is 80.6 Å². The number of piperazine rings is 1. The van der Waals surface area contributed by atoms with Gasteiger partial charge in [-0.3, -0.25) is 9.78 Å². The molecule has 0 aliphatic carbocycles. The van der Waals surface area contributed by atoms with E-state index >= 15 is 0 Å². The summed E-state index contributed by atoms with van der Waals surface area (Å²) in [6, 6.07) is 0. The third-order valence-electron chi connectivity index (χ3n) is 2.05. The van der Waals surface area contributed by atoms with Gasteiger partial charge in [0.15, 0.2) is 0 Å². The molecule has 2 rings (SSSR count). The Kier molecular flexibility index (Phi) is 2.56.